The number of nitrogens with zero attached hydrogens (tertiary/aromatic N) is 5. The molecule has 20 aromatic rings. The van der Waals surface area contributed by atoms with Gasteiger partial charge in [0.15, 0.2) is 0 Å². The Labute approximate surface area is 642 Å². The van der Waals surface area contributed by atoms with Crippen molar-refractivity contribution in [2.45, 2.75) is 14.9 Å². The maximum absolute atomic E-state index is 3.51. The molecule has 0 amide bonds. The van der Waals surface area contributed by atoms with E-state index in [-0.39, 0.29) is 14.9 Å². The lowest BCUT2D eigenvalue weighted by Gasteiger charge is -2.28. The van der Waals surface area contributed by atoms with Crippen LogP contribution in [-0.4, -0.2) is 9.13 Å². The van der Waals surface area contributed by atoms with Gasteiger partial charge in [-0.25, -0.2) is 0 Å². The van der Waals surface area contributed by atoms with Gasteiger partial charge in [0, 0.05) is 94.6 Å². The van der Waals surface area contributed by atoms with Crippen LogP contribution in [0.4, 0.5) is 62.6 Å². The van der Waals surface area contributed by atoms with Crippen molar-refractivity contribution in [2.24, 2.45) is 0 Å². The first-order valence-electron chi connectivity index (χ1n) is 36.9. The SMILES string of the molecule is C.C.c1ccc(N(c2ccc(-c3ccc(N(c4ccccc4)c4ccc5c(c4)c4ccccc4n5-c4ccccc4)c4ccccc34)cc2)c2cccc3ccccc23)cc1.c1ccc(Nc2ccc(-c3ccc(N(c4ccccc4)c4ccc5c(c4)c4ccccc4n5-c4ccccc4)c4ccccc34)cc2)cc1. The molecule has 6 nitrogen and oxygen atoms in total. The van der Waals surface area contributed by atoms with E-state index in [2.05, 4.69) is 442 Å². The van der Waals surface area contributed by atoms with Gasteiger partial charge in [-0.3, -0.25) is 0 Å². The summed E-state index contributed by atoms with van der Waals surface area (Å²) < 4.78 is 4.74. The fraction of sp³-hybridized carbons (Fsp3) is 0.0192. The van der Waals surface area contributed by atoms with Crippen molar-refractivity contribution in [1.29, 1.82) is 0 Å². The molecule has 0 saturated carbocycles. The molecule has 1 N–H and O–H groups in total. The maximum Gasteiger partial charge on any atom is 0.0542 e. The number of para-hydroxylation sites is 8. The van der Waals surface area contributed by atoms with E-state index in [1.165, 1.54) is 98.2 Å². The number of nitrogens with one attached hydrogen (secondary N) is 1. The van der Waals surface area contributed by atoms with Crippen LogP contribution < -0.4 is 20.0 Å². The average molecular weight is 1410 g/mol. The summed E-state index contributed by atoms with van der Waals surface area (Å²) in [5, 5.41) is 15.7. The molecule has 2 heterocycles. The highest BCUT2D eigenvalue weighted by atomic mass is 15.2. The van der Waals surface area contributed by atoms with Gasteiger partial charge in [0.1, 0.15) is 0 Å². The fourth-order valence-electron chi connectivity index (χ4n) is 16.0. The van der Waals surface area contributed by atoms with E-state index >= 15 is 0 Å². The van der Waals surface area contributed by atoms with E-state index in [0.29, 0.717) is 0 Å². The van der Waals surface area contributed by atoms with Crippen molar-refractivity contribution in [2.75, 3.05) is 20.0 Å². The first-order chi connectivity index (χ1) is 53.6. The molecule has 0 unspecified atom stereocenters. The van der Waals surface area contributed by atoms with Crippen LogP contribution in [0.1, 0.15) is 14.9 Å². The van der Waals surface area contributed by atoms with Gasteiger partial charge in [-0.1, -0.05) is 282 Å². The largest absolute Gasteiger partial charge is 0.356 e. The molecule has 6 heteroatoms. The van der Waals surface area contributed by atoms with Crippen LogP contribution >= 0.6 is 0 Å². The van der Waals surface area contributed by atoms with Gasteiger partial charge in [-0.15, -0.1) is 0 Å². The monoisotopic (exact) mass is 1410 g/mol. The Morgan fingerprint density at radius 2 is 0.500 bits per heavy atom. The van der Waals surface area contributed by atoms with E-state index in [9.17, 15) is 0 Å². The number of benzene rings is 18. The van der Waals surface area contributed by atoms with Gasteiger partial charge < -0.3 is 29.2 Å². The Kier molecular flexibility index (Phi) is 18.8. The van der Waals surface area contributed by atoms with Crippen LogP contribution in [0, 0.1) is 0 Å². The predicted molar refractivity (Wildman–Crippen MR) is 472 cm³/mol. The van der Waals surface area contributed by atoms with E-state index in [0.717, 1.165) is 73.9 Å². The zero-order valence-corrected chi connectivity index (χ0v) is 59.2. The number of rotatable bonds is 15. The van der Waals surface area contributed by atoms with Gasteiger partial charge in [-0.05, 0) is 202 Å². The normalized spacial score (nSPS) is 11.1. The lowest BCUT2D eigenvalue weighted by molar-refractivity contribution is 1.18. The summed E-state index contributed by atoms with van der Waals surface area (Å²) >= 11 is 0. The fourth-order valence-corrected chi connectivity index (χ4v) is 16.0. The van der Waals surface area contributed by atoms with Gasteiger partial charge >= 0.3 is 0 Å². The van der Waals surface area contributed by atoms with Gasteiger partial charge in [-0.2, -0.15) is 0 Å². The summed E-state index contributed by atoms with van der Waals surface area (Å²) in [6.07, 6.45) is 0. The molecule has 526 valence electrons. The third-order valence-corrected chi connectivity index (χ3v) is 20.9. The first-order valence-corrected chi connectivity index (χ1v) is 36.9. The van der Waals surface area contributed by atoms with Crippen molar-refractivity contribution < 1.29 is 0 Å². The molecule has 2 aromatic heterocycles. The van der Waals surface area contributed by atoms with E-state index in [1.807, 2.05) is 18.2 Å². The third kappa shape index (κ3) is 12.8. The summed E-state index contributed by atoms with van der Waals surface area (Å²) in [4.78, 5) is 7.16. The van der Waals surface area contributed by atoms with E-state index < -0.39 is 0 Å². The molecule has 0 fully saturated rings. The molecule has 0 radical (unpaired) electrons. The predicted octanol–water partition coefficient (Wildman–Crippen LogP) is 29.8. The second kappa shape index (κ2) is 30.2. The summed E-state index contributed by atoms with van der Waals surface area (Å²) in [5.41, 5.74) is 24.1. The minimum absolute atomic E-state index is 0. The summed E-state index contributed by atoms with van der Waals surface area (Å²) in [5.74, 6) is 0. The van der Waals surface area contributed by atoms with Crippen molar-refractivity contribution in [3.63, 3.8) is 0 Å². The number of fused-ring (bicyclic) bond motifs is 9. The lowest BCUT2D eigenvalue weighted by Crippen LogP contribution is -2.11. The highest BCUT2D eigenvalue weighted by Crippen LogP contribution is 2.48. The zero-order valence-electron chi connectivity index (χ0n) is 59.2. The number of aromatic nitrogens is 2. The average Bonchev–Trinajstić information content (AvgIpc) is 1.51. The summed E-state index contributed by atoms with van der Waals surface area (Å²) in [6.45, 7) is 0. The molecule has 0 aliphatic rings. The van der Waals surface area contributed by atoms with Crippen molar-refractivity contribution in [1.82, 2.24) is 9.13 Å². The molecule has 0 saturated heterocycles. The highest BCUT2D eigenvalue weighted by molar-refractivity contribution is 6.14. The van der Waals surface area contributed by atoms with Gasteiger partial charge in [0.05, 0.1) is 39.1 Å². The Morgan fingerprint density at radius 1 is 0.191 bits per heavy atom. The maximum atomic E-state index is 3.51. The smallest absolute Gasteiger partial charge is 0.0542 e. The molecule has 18 aromatic carbocycles. The lowest BCUT2D eigenvalue weighted by atomic mass is 9.96. The summed E-state index contributed by atoms with van der Waals surface area (Å²) in [6, 6.07) is 155. The molecule has 110 heavy (non-hydrogen) atoms. The van der Waals surface area contributed by atoms with Gasteiger partial charge in [0.2, 0.25) is 0 Å². The zero-order chi connectivity index (χ0) is 71.7. The van der Waals surface area contributed by atoms with Crippen LogP contribution in [0.3, 0.4) is 0 Å². The molecule has 0 aliphatic carbocycles. The Morgan fingerprint density at radius 3 is 0.955 bits per heavy atom. The Balaban J connectivity index is 0.000000160. The van der Waals surface area contributed by atoms with Crippen molar-refractivity contribution in [3.8, 4) is 33.6 Å². The molecule has 0 aliphatic heterocycles. The second-order valence-electron chi connectivity index (χ2n) is 27.3. The van der Waals surface area contributed by atoms with Crippen LogP contribution in [-0.2, 0) is 0 Å². The molecule has 0 spiro atoms. The van der Waals surface area contributed by atoms with Crippen molar-refractivity contribution >= 4 is 138 Å². The van der Waals surface area contributed by atoms with Crippen LogP contribution in [0.25, 0.3) is 110 Å². The molecule has 20 rings (SSSR count). The molecule has 0 atom stereocenters. The first kappa shape index (κ1) is 68.6. The second-order valence-corrected chi connectivity index (χ2v) is 27.3. The Hall–Kier alpha value is -14.5. The molecular weight excluding hydrogens is 1330 g/mol. The molecular formula is C104H80N6. The van der Waals surface area contributed by atoms with Crippen molar-refractivity contribution in [3.05, 3.63) is 431 Å². The number of hydrogen-bond donors (Lipinski definition) is 1. The quantitative estimate of drug-likeness (QED) is 0.111. The topological polar surface area (TPSA) is 31.6 Å². The third-order valence-electron chi connectivity index (χ3n) is 20.9. The summed E-state index contributed by atoms with van der Waals surface area (Å²) in [7, 11) is 0. The van der Waals surface area contributed by atoms with E-state index in [4.69, 9.17) is 0 Å². The number of anilines is 11. The van der Waals surface area contributed by atoms with Crippen LogP contribution in [0.2, 0.25) is 0 Å². The van der Waals surface area contributed by atoms with E-state index in [1.54, 1.807) is 0 Å². The van der Waals surface area contributed by atoms with Crippen LogP contribution in [0.5, 0.6) is 0 Å². The Bertz CT molecular complexity index is 6620. The van der Waals surface area contributed by atoms with Gasteiger partial charge in [0.25, 0.3) is 0 Å². The molecule has 0 bridgehead atoms. The number of hydrogen-bond acceptors (Lipinski definition) is 4. The van der Waals surface area contributed by atoms with Crippen LogP contribution in [0.15, 0.2) is 431 Å². The minimum Gasteiger partial charge on any atom is -0.356 e. The standard InChI is InChI=1S/C56H39N3.C46H33N3.2CH4/c1-4-19-42(20-5-1)57(53-30-16-18-40-17-10-11-25-48(40)53)45-33-31-41(32-34-45)47-36-38-55(50-27-13-12-26-49(47)50)58(43-21-6-2-7-22-43)46-35-37-56-52(39-46)51-28-14-15-29-54(51)59(56)44-23-8-3-9-24-44;1-4-14-34(15-5-1)47-35-26-24-33(25-27-35)39-29-31-45(41-21-11-10-20-40(39)41)48(36-16-6-2-7-17-36)38-28-30-46-43(32-38)42-22-12-13-23-44(42)49(46)37-18-8-3-9-19-37;;/h1-39H;1-32,47H;2*1H4. The highest BCUT2D eigenvalue weighted by Gasteiger charge is 2.24. The minimum atomic E-state index is 0.